The molecule has 0 bridgehead atoms. The highest BCUT2D eigenvalue weighted by molar-refractivity contribution is 9.09. The van der Waals surface area contributed by atoms with Crippen LogP contribution in [0.4, 0.5) is 0 Å². The second-order valence-electron chi connectivity index (χ2n) is 4.63. The third-order valence-corrected chi connectivity index (χ3v) is 6.92. The van der Waals surface area contributed by atoms with Crippen molar-refractivity contribution in [3.63, 3.8) is 0 Å². The Bertz CT molecular complexity index is 326. The van der Waals surface area contributed by atoms with Crippen LogP contribution in [0.1, 0.15) is 38.5 Å². The van der Waals surface area contributed by atoms with Gasteiger partial charge in [-0.15, -0.1) is 0 Å². The van der Waals surface area contributed by atoms with Gasteiger partial charge in [0.25, 0.3) is 0 Å². The first-order valence-electron chi connectivity index (χ1n) is 5.64. The minimum absolute atomic E-state index is 0.0795. The molecule has 2 fully saturated rings. The van der Waals surface area contributed by atoms with Crippen LogP contribution in [-0.2, 0) is 10.0 Å². The third-order valence-electron chi connectivity index (χ3n) is 3.46. The number of hydrogen-bond acceptors (Lipinski definition) is 2. The Kier molecular flexibility index (Phi) is 3.43. The van der Waals surface area contributed by atoms with Gasteiger partial charge in [-0.3, -0.25) is 0 Å². The van der Waals surface area contributed by atoms with E-state index in [2.05, 4.69) is 15.9 Å². The first kappa shape index (κ1) is 11.9. The smallest absolute Gasteiger partial charge is 0.212 e. The van der Waals surface area contributed by atoms with E-state index in [9.17, 15) is 8.42 Å². The molecule has 0 spiro atoms. The van der Waals surface area contributed by atoms with Crippen LogP contribution in [0.3, 0.4) is 0 Å². The van der Waals surface area contributed by atoms with E-state index in [1.165, 1.54) is 6.42 Å². The van der Waals surface area contributed by atoms with Gasteiger partial charge in [0.05, 0.1) is 5.25 Å². The summed E-state index contributed by atoms with van der Waals surface area (Å²) in [4.78, 5) is 0.338. The molecule has 2 aliphatic rings. The number of halogens is 1. The third kappa shape index (κ3) is 2.39. The summed E-state index contributed by atoms with van der Waals surface area (Å²) >= 11 is 3.61. The van der Waals surface area contributed by atoms with E-state index >= 15 is 0 Å². The SMILES string of the molecule is CN(C1CCCCC1Br)S(=O)(=O)C1CC1. The fourth-order valence-corrected chi connectivity index (χ4v) is 5.20. The summed E-state index contributed by atoms with van der Waals surface area (Å²) in [6.45, 7) is 0. The van der Waals surface area contributed by atoms with Gasteiger partial charge in [-0.25, -0.2) is 12.7 Å². The molecular weight excluding hydrogens is 278 g/mol. The van der Waals surface area contributed by atoms with Gasteiger partial charge >= 0.3 is 0 Å². The molecule has 2 aliphatic carbocycles. The van der Waals surface area contributed by atoms with Crippen LogP contribution in [0.5, 0.6) is 0 Å². The second-order valence-corrected chi connectivity index (χ2v) is 8.08. The molecule has 0 amide bonds. The molecule has 0 aromatic carbocycles. The van der Waals surface area contributed by atoms with Gasteiger partial charge in [-0.2, -0.15) is 0 Å². The maximum atomic E-state index is 12.0. The zero-order valence-electron chi connectivity index (χ0n) is 9.02. The lowest BCUT2D eigenvalue weighted by Crippen LogP contribution is -2.45. The van der Waals surface area contributed by atoms with E-state index in [0.29, 0.717) is 4.83 Å². The van der Waals surface area contributed by atoms with Gasteiger partial charge in [-0.1, -0.05) is 28.8 Å². The topological polar surface area (TPSA) is 37.4 Å². The van der Waals surface area contributed by atoms with Gasteiger partial charge in [-0.05, 0) is 25.7 Å². The molecule has 2 rings (SSSR count). The average molecular weight is 296 g/mol. The molecule has 88 valence electrons. The van der Waals surface area contributed by atoms with Gasteiger partial charge in [0, 0.05) is 17.9 Å². The zero-order valence-corrected chi connectivity index (χ0v) is 11.4. The summed E-state index contributed by atoms with van der Waals surface area (Å²) < 4.78 is 25.7. The van der Waals surface area contributed by atoms with E-state index in [1.807, 2.05) is 0 Å². The molecule has 0 aromatic rings. The summed E-state index contributed by atoms with van der Waals surface area (Å²) in [5, 5.41) is -0.0795. The van der Waals surface area contributed by atoms with Gasteiger partial charge in [0.1, 0.15) is 0 Å². The largest absolute Gasteiger partial charge is 0.217 e. The molecule has 2 saturated carbocycles. The minimum Gasteiger partial charge on any atom is -0.212 e. The Morgan fingerprint density at radius 1 is 1.13 bits per heavy atom. The fourth-order valence-electron chi connectivity index (χ4n) is 2.27. The number of sulfonamides is 1. The number of nitrogens with zero attached hydrogens (tertiary/aromatic N) is 1. The molecule has 0 heterocycles. The lowest BCUT2D eigenvalue weighted by Gasteiger charge is -2.34. The summed E-state index contributed by atoms with van der Waals surface area (Å²) in [6, 6.07) is 0.171. The molecule has 2 atom stereocenters. The lowest BCUT2D eigenvalue weighted by molar-refractivity contribution is 0.297. The molecular formula is C10H18BrNO2S. The van der Waals surface area contributed by atoms with Gasteiger partial charge in [0.2, 0.25) is 10.0 Å². The lowest BCUT2D eigenvalue weighted by atomic mass is 9.96. The molecule has 0 aliphatic heterocycles. The first-order chi connectivity index (χ1) is 7.03. The fraction of sp³-hybridized carbons (Fsp3) is 1.00. The second kappa shape index (κ2) is 4.34. The van der Waals surface area contributed by atoms with E-state index in [0.717, 1.165) is 32.1 Å². The van der Waals surface area contributed by atoms with Crippen molar-refractivity contribution in [2.45, 2.75) is 54.6 Å². The molecule has 0 saturated heterocycles. The summed E-state index contributed by atoms with van der Waals surface area (Å²) in [7, 11) is -1.25. The van der Waals surface area contributed by atoms with E-state index in [-0.39, 0.29) is 11.3 Å². The predicted octanol–water partition coefficient (Wildman–Crippen LogP) is 2.12. The van der Waals surface area contributed by atoms with Crippen molar-refractivity contribution in [2.75, 3.05) is 7.05 Å². The monoisotopic (exact) mass is 295 g/mol. The highest BCUT2D eigenvalue weighted by atomic mass is 79.9. The van der Waals surface area contributed by atoms with E-state index in [4.69, 9.17) is 0 Å². The highest BCUT2D eigenvalue weighted by Gasteiger charge is 2.42. The highest BCUT2D eigenvalue weighted by Crippen LogP contribution is 2.35. The summed E-state index contributed by atoms with van der Waals surface area (Å²) in [6.07, 6.45) is 6.16. The predicted molar refractivity (Wildman–Crippen MR) is 64.7 cm³/mol. The quantitative estimate of drug-likeness (QED) is 0.748. The van der Waals surface area contributed by atoms with Crippen LogP contribution in [0.2, 0.25) is 0 Å². The normalized spacial score (nSPS) is 33.3. The van der Waals surface area contributed by atoms with Crippen LogP contribution in [0.15, 0.2) is 0 Å². The minimum atomic E-state index is -3.00. The van der Waals surface area contributed by atoms with Crippen molar-refractivity contribution in [2.24, 2.45) is 0 Å². The molecule has 0 radical (unpaired) electrons. The Hall–Kier alpha value is 0.390. The van der Waals surface area contributed by atoms with Crippen LogP contribution in [-0.4, -0.2) is 35.9 Å². The maximum absolute atomic E-state index is 12.0. The number of hydrogen-bond donors (Lipinski definition) is 0. The van der Waals surface area contributed by atoms with Crippen molar-refractivity contribution in [1.29, 1.82) is 0 Å². The van der Waals surface area contributed by atoms with Crippen LogP contribution < -0.4 is 0 Å². The Morgan fingerprint density at radius 2 is 1.73 bits per heavy atom. The van der Waals surface area contributed by atoms with Gasteiger partial charge < -0.3 is 0 Å². The van der Waals surface area contributed by atoms with Crippen LogP contribution >= 0.6 is 15.9 Å². The Morgan fingerprint density at radius 3 is 2.27 bits per heavy atom. The van der Waals surface area contributed by atoms with Crippen LogP contribution in [0.25, 0.3) is 0 Å². The summed E-state index contributed by atoms with van der Waals surface area (Å²) in [5.41, 5.74) is 0. The van der Waals surface area contributed by atoms with Crippen LogP contribution in [0, 0.1) is 0 Å². The van der Waals surface area contributed by atoms with Crippen molar-refractivity contribution >= 4 is 26.0 Å². The standard InChI is InChI=1S/C10H18BrNO2S/c1-12(15(13,14)8-6-7-8)10-5-3-2-4-9(10)11/h8-10H,2-7H2,1H3. The Balaban J connectivity index is 2.08. The van der Waals surface area contributed by atoms with Gasteiger partial charge in [0.15, 0.2) is 0 Å². The molecule has 15 heavy (non-hydrogen) atoms. The molecule has 3 nitrogen and oxygen atoms in total. The summed E-state index contributed by atoms with van der Waals surface area (Å²) in [5.74, 6) is 0. The van der Waals surface area contributed by atoms with E-state index in [1.54, 1.807) is 11.4 Å². The molecule has 2 unspecified atom stereocenters. The van der Waals surface area contributed by atoms with Crippen molar-refractivity contribution in [3.05, 3.63) is 0 Å². The molecule has 0 aromatic heterocycles. The Labute approximate surface area is 100 Å². The molecule has 0 N–H and O–H groups in total. The van der Waals surface area contributed by atoms with E-state index < -0.39 is 10.0 Å². The number of rotatable bonds is 3. The number of alkyl halides is 1. The van der Waals surface area contributed by atoms with Crippen molar-refractivity contribution in [1.82, 2.24) is 4.31 Å². The molecule has 5 heteroatoms. The zero-order chi connectivity index (χ0) is 11.1. The first-order valence-corrected chi connectivity index (χ1v) is 8.06. The van der Waals surface area contributed by atoms with Crippen molar-refractivity contribution in [3.8, 4) is 0 Å². The van der Waals surface area contributed by atoms with Crippen molar-refractivity contribution < 1.29 is 8.42 Å². The maximum Gasteiger partial charge on any atom is 0.217 e. The average Bonchev–Trinajstić information content (AvgIpc) is 3.00.